The molecular weight excluding hydrogens is 328 g/mol. The molecule has 0 spiro atoms. The second kappa shape index (κ2) is 7.77. The van der Waals surface area contributed by atoms with Crippen LogP contribution in [0.1, 0.15) is 24.3 Å². The number of hydrogen-bond donors (Lipinski definition) is 2. The van der Waals surface area contributed by atoms with E-state index in [2.05, 4.69) is 15.7 Å². The zero-order chi connectivity index (χ0) is 16.4. The van der Waals surface area contributed by atoms with Gasteiger partial charge in [-0.05, 0) is 12.0 Å². The molecule has 7 heteroatoms. The van der Waals surface area contributed by atoms with Crippen molar-refractivity contribution in [2.45, 2.75) is 20.4 Å². The average molecular weight is 351 g/mol. The fourth-order valence-electron chi connectivity index (χ4n) is 2.69. The van der Waals surface area contributed by atoms with Gasteiger partial charge < -0.3 is 10.6 Å². The molecule has 1 amide bonds. The van der Waals surface area contributed by atoms with E-state index < -0.39 is 0 Å². The number of halogens is 1. The molecule has 130 valence electrons. The van der Waals surface area contributed by atoms with Crippen LogP contribution in [0.15, 0.2) is 29.1 Å². The van der Waals surface area contributed by atoms with E-state index in [0.717, 1.165) is 13.1 Å². The summed E-state index contributed by atoms with van der Waals surface area (Å²) in [6.45, 7) is 7.03. The molecule has 0 atom stereocenters. The molecule has 2 N–H and O–H groups in total. The summed E-state index contributed by atoms with van der Waals surface area (Å²) in [5.41, 5.74) is 0.183. The maximum atomic E-state index is 12.5. The predicted molar refractivity (Wildman–Crippen MR) is 96.8 cm³/mol. The van der Waals surface area contributed by atoms with Crippen molar-refractivity contribution < 1.29 is 4.79 Å². The highest BCUT2D eigenvalue weighted by atomic mass is 35.5. The van der Waals surface area contributed by atoms with Crippen LogP contribution < -0.4 is 16.2 Å². The van der Waals surface area contributed by atoms with Crippen molar-refractivity contribution in [2.75, 3.05) is 19.6 Å². The van der Waals surface area contributed by atoms with E-state index in [9.17, 15) is 9.59 Å². The highest BCUT2D eigenvalue weighted by Crippen LogP contribution is 2.14. The first kappa shape index (κ1) is 18.4. The number of nitrogens with zero attached hydrogens (tertiary/aromatic N) is 2. The molecule has 1 aliphatic rings. The van der Waals surface area contributed by atoms with E-state index >= 15 is 0 Å². The number of hydrogen-bond acceptors (Lipinski definition) is 4. The molecule has 2 aromatic rings. The van der Waals surface area contributed by atoms with E-state index in [4.69, 9.17) is 0 Å². The zero-order valence-electron chi connectivity index (χ0n) is 13.9. The Balaban J connectivity index is 0.00000208. The average Bonchev–Trinajstić information content (AvgIpc) is 2.48. The molecule has 1 aromatic heterocycles. The first-order valence-electron chi connectivity index (χ1n) is 8.05. The zero-order valence-corrected chi connectivity index (χ0v) is 14.7. The van der Waals surface area contributed by atoms with Gasteiger partial charge in [0.25, 0.3) is 11.5 Å². The summed E-state index contributed by atoms with van der Waals surface area (Å²) >= 11 is 0. The second-order valence-electron chi connectivity index (χ2n) is 6.51. The standard InChI is InChI=1S/C17H22N4O2.ClH/c1-11(2)10-21-17(23)14-6-4-3-5-13(14)15(20-21)16(22)19-9-12-7-18-8-12;/h3-6,11-12,18H,7-10H2,1-2H3,(H,19,22);1H. The number of aromatic nitrogens is 2. The van der Waals surface area contributed by atoms with E-state index in [1.807, 2.05) is 26.0 Å². The summed E-state index contributed by atoms with van der Waals surface area (Å²) in [5.74, 6) is 0.538. The van der Waals surface area contributed by atoms with Crippen molar-refractivity contribution in [3.05, 3.63) is 40.3 Å². The van der Waals surface area contributed by atoms with Crippen LogP contribution in [0.4, 0.5) is 0 Å². The Labute approximate surface area is 147 Å². The van der Waals surface area contributed by atoms with Crippen LogP contribution in [0, 0.1) is 11.8 Å². The topological polar surface area (TPSA) is 76.0 Å². The smallest absolute Gasteiger partial charge is 0.274 e. The lowest BCUT2D eigenvalue weighted by Crippen LogP contribution is -2.48. The van der Waals surface area contributed by atoms with Crippen LogP contribution in [0.3, 0.4) is 0 Å². The van der Waals surface area contributed by atoms with Crippen molar-refractivity contribution in [2.24, 2.45) is 11.8 Å². The molecule has 0 aliphatic carbocycles. The molecule has 0 unspecified atom stereocenters. The van der Waals surface area contributed by atoms with Crippen molar-refractivity contribution in [3.8, 4) is 0 Å². The number of amides is 1. The Hall–Kier alpha value is -1.92. The molecule has 0 saturated carbocycles. The molecule has 24 heavy (non-hydrogen) atoms. The monoisotopic (exact) mass is 350 g/mol. The second-order valence-corrected chi connectivity index (χ2v) is 6.51. The first-order chi connectivity index (χ1) is 11.1. The summed E-state index contributed by atoms with van der Waals surface area (Å²) in [5, 5.41) is 11.6. The Morgan fingerprint density at radius 1 is 1.33 bits per heavy atom. The SMILES string of the molecule is CC(C)Cn1nc(C(=O)NCC2CNC2)c2ccccc2c1=O.Cl. The fraction of sp³-hybridized carbons (Fsp3) is 0.471. The maximum Gasteiger partial charge on any atom is 0.274 e. The molecule has 1 aromatic carbocycles. The van der Waals surface area contributed by atoms with Crippen molar-refractivity contribution >= 4 is 29.1 Å². The van der Waals surface area contributed by atoms with Gasteiger partial charge in [0.2, 0.25) is 0 Å². The van der Waals surface area contributed by atoms with Gasteiger partial charge in [-0.2, -0.15) is 5.10 Å². The van der Waals surface area contributed by atoms with Gasteiger partial charge in [-0.15, -0.1) is 12.4 Å². The van der Waals surface area contributed by atoms with Gasteiger partial charge in [-0.1, -0.05) is 32.0 Å². The quantitative estimate of drug-likeness (QED) is 0.855. The molecule has 3 rings (SSSR count). The minimum atomic E-state index is -0.217. The largest absolute Gasteiger partial charge is 0.350 e. The molecule has 1 fully saturated rings. The first-order valence-corrected chi connectivity index (χ1v) is 8.05. The van der Waals surface area contributed by atoms with Crippen LogP contribution in [-0.2, 0) is 6.54 Å². The van der Waals surface area contributed by atoms with E-state index in [-0.39, 0.29) is 29.8 Å². The number of fused-ring (bicyclic) bond motifs is 1. The van der Waals surface area contributed by atoms with Crippen molar-refractivity contribution in [1.29, 1.82) is 0 Å². The molecule has 0 bridgehead atoms. The van der Waals surface area contributed by atoms with Crippen molar-refractivity contribution in [1.82, 2.24) is 20.4 Å². The van der Waals surface area contributed by atoms with Crippen LogP contribution >= 0.6 is 12.4 Å². The van der Waals surface area contributed by atoms with Gasteiger partial charge in [-0.3, -0.25) is 9.59 Å². The highest BCUT2D eigenvalue weighted by molar-refractivity contribution is 6.04. The van der Waals surface area contributed by atoms with Gasteiger partial charge in [0.1, 0.15) is 0 Å². The Kier molecular flexibility index (Phi) is 5.96. The van der Waals surface area contributed by atoms with Crippen LogP contribution in [0.5, 0.6) is 0 Å². The van der Waals surface area contributed by atoms with E-state index in [1.165, 1.54) is 4.68 Å². The number of carbonyl (C=O) groups excluding carboxylic acids is 1. The van der Waals surface area contributed by atoms with Crippen LogP contribution in [0.2, 0.25) is 0 Å². The summed E-state index contributed by atoms with van der Waals surface area (Å²) in [7, 11) is 0. The van der Waals surface area contributed by atoms with Gasteiger partial charge in [0.05, 0.1) is 5.39 Å². The van der Waals surface area contributed by atoms with Crippen LogP contribution in [-0.4, -0.2) is 35.3 Å². The summed E-state index contributed by atoms with van der Waals surface area (Å²) in [6.07, 6.45) is 0. The Morgan fingerprint density at radius 2 is 2.00 bits per heavy atom. The van der Waals surface area contributed by atoms with E-state index in [0.29, 0.717) is 35.5 Å². The van der Waals surface area contributed by atoms with Crippen molar-refractivity contribution in [3.63, 3.8) is 0 Å². The third kappa shape index (κ3) is 3.76. The minimum absolute atomic E-state index is 0. The lowest BCUT2D eigenvalue weighted by Gasteiger charge is -2.27. The third-order valence-corrected chi connectivity index (χ3v) is 4.04. The van der Waals surface area contributed by atoms with E-state index in [1.54, 1.807) is 12.1 Å². The number of carbonyl (C=O) groups is 1. The molecule has 1 saturated heterocycles. The fourth-order valence-corrected chi connectivity index (χ4v) is 2.69. The molecule has 1 aliphatic heterocycles. The minimum Gasteiger partial charge on any atom is -0.350 e. The Bertz CT molecular complexity index is 784. The van der Waals surface area contributed by atoms with Crippen LogP contribution in [0.25, 0.3) is 10.8 Å². The number of nitrogens with one attached hydrogen (secondary N) is 2. The number of benzene rings is 1. The lowest BCUT2D eigenvalue weighted by atomic mass is 10.0. The lowest BCUT2D eigenvalue weighted by molar-refractivity contribution is 0.0936. The summed E-state index contributed by atoms with van der Waals surface area (Å²) in [6, 6.07) is 7.17. The van der Waals surface area contributed by atoms with Gasteiger partial charge >= 0.3 is 0 Å². The molecule has 2 heterocycles. The maximum absolute atomic E-state index is 12.5. The highest BCUT2D eigenvalue weighted by Gasteiger charge is 2.20. The Morgan fingerprint density at radius 3 is 2.58 bits per heavy atom. The normalized spacial score (nSPS) is 14.3. The van der Waals surface area contributed by atoms with Gasteiger partial charge in [-0.25, -0.2) is 4.68 Å². The molecule has 0 radical (unpaired) electrons. The predicted octanol–water partition coefficient (Wildman–Crippen LogP) is 1.42. The molecule has 6 nitrogen and oxygen atoms in total. The summed E-state index contributed by atoms with van der Waals surface area (Å²) < 4.78 is 1.41. The van der Waals surface area contributed by atoms with Gasteiger partial charge in [0, 0.05) is 37.5 Å². The van der Waals surface area contributed by atoms with Gasteiger partial charge in [0.15, 0.2) is 5.69 Å². The summed E-state index contributed by atoms with van der Waals surface area (Å²) in [4.78, 5) is 25.1. The molecular formula is C17H23ClN4O2. The number of rotatable bonds is 5. The third-order valence-electron chi connectivity index (χ3n) is 4.04.